The van der Waals surface area contributed by atoms with Crippen molar-refractivity contribution < 1.29 is 22.1 Å². The average Bonchev–Trinajstić information content (AvgIpc) is 2.55. The van der Waals surface area contributed by atoms with Crippen molar-refractivity contribution in [1.29, 1.82) is 0 Å². The van der Waals surface area contributed by atoms with Crippen LogP contribution in [0.5, 0.6) is 0 Å². The molecule has 0 aliphatic rings. The first-order valence-electron chi connectivity index (χ1n) is 8.19. The lowest BCUT2D eigenvalue weighted by Gasteiger charge is -2.19. The molecule has 2 aromatic rings. The molecule has 26 heavy (non-hydrogen) atoms. The maximum Gasteiger partial charge on any atom is 0.412 e. The lowest BCUT2D eigenvalue weighted by Crippen LogP contribution is -2.27. The van der Waals surface area contributed by atoms with Gasteiger partial charge in [0.2, 0.25) is 0 Å². The topological polar surface area (TPSA) is 81.7 Å². The van der Waals surface area contributed by atoms with Gasteiger partial charge >= 0.3 is 6.09 Å². The van der Waals surface area contributed by atoms with Crippen LogP contribution < -0.4 is 5.32 Å². The van der Waals surface area contributed by atoms with Crippen LogP contribution >= 0.6 is 0 Å². The molecular weight excluding hydrogens is 354 g/mol. The van der Waals surface area contributed by atoms with E-state index >= 15 is 0 Å². The summed E-state index contributed by atoms with van der Waals surface area (Å²) >= 11 is 0. The van der Waals surface area contributed by atoms with E-state index in [1.54, 1.807) is 63.2 Å². The fourth-order valence-electron chi connectivity index (χ4n) is 2.10. The van der Waals surface area contributed by atoms with Crippen LogP contribution in [0.15, 0.2) is 59.5 Å². The predicted octanol–water partition coefficient (Wildman–Crippen LogP) is 3.98. The molecule has 1 N–H and O–H groups in total. The smallest absolute Gasteiger partial charge is 0.412 e. The number of benzene rings is 2. The fraction of sp³-hybridized carbons (Fsp3) is 0.316. The SMILES string of the molecule is CC(C)(C)OC(=O)Nc1ccc(CCOS(=O)(=O)c2ccccc2)cc1. The minimum absolute atomic E-state index is 0.0378. The Labute approximate surface area is 154 Å². The van der Waals surface area contributed by atoms with Crippen molar-refractivity contribution >= 4 is 21.9 Å². The van der Waals surface area contributed by atoms with Crippen LogP contribution in [-0.2, 0) is 25.5 Å². The maximum atomic E-state index is 12.0. The second kappa shape index (κ2) is 8.33. The van der Waals surface area contributed by atoms with Gasteiger partial charge in [-0.25, -0.2) is 4.79 Å². The number of carbonyl (C=O) groups is 1. The molecule has 0 saturated carbocycles. The van der Waals surface area contributed by atoms with Crippen molar-refractivity contribution in [3.8, 4) is 0 Å². The van der Waals surface area contributed by atoms with Crippen molar-refractivity contribution in [2.24, 2.45) is 0 Å². The van der Waals surface area contributed by atoms with Crippen LogP contribution in [0, 0.1) is 0 Å². The van der Waals surface area contributed by atoms with Gasteiger partial charge in [0.25, 0.3) is 10.1 Å². The Kier molecular flexibility index (Phi) is 6.39. The molecule has 0 fully saturated rings. The van der Waals surface area contributed by atoms with Crippen LogP contribution in [0.25, 0.3) is 0 Å². The van der Waals surface area contributed by atoms with E-state index in [0.717, 1.165) is 5.56 Å². The van der Waals surface area contributed by atoms with Crippen molar-refractivity contribution in [3.05, 3.63) is 60.2 Å². The fourth-order valence-corrected chi connectivity index (χ4v) is 3.03. The van der Waals surface area contributed by atoms with E-state index in [9.17, 15) is 13.2 Å². The summed E-state index contributed by atoms with van der Waals surface area (Å²) in [5.74, 6) is 0. The highest BCUT2D eigenvalue weighted by Gasteiger charge is 2.16. The van der Waals surface area contributed by atoms with Crippen molar-refractivity contribution in [3.63, 3.8) is 0 Å². The number of anilines is 1. The van der Waals surface area contributed by atoms with Gasteiger partial charge in [-0.15, -0.1) is 0 Å². The van der Waals surface area contributed by atoms with Gasteiger partial charge in [0.1, 0.15) is 5.60 Å². The first-order valence-corrected chi connectivity index (χ1v) is 9.60. The quantitative estimate of drug-likeness (QED) is 0.770. The molecule has 0 bridgehead atoms. The van der Waals surface area contributed by atoms with Gasteiger partial charge < -0.3 is 4.74 Å². The van der Waals surface area contributed by atoms with E-state index in [0.29, 0.717) is 12.1 Å². The number of hydrogen-bond donors (Lipinski definition) is 1. The third-order valence-corrected chi connectivity index (χ3v) is 4.59. The zero-order chi connectivity index (χ0) is 19.2. The standard InChI is InChI=1S/C19H23NO5S/c1-19(2,3)25-18(21)20-16-11-9-15(10-12-16)13-14-24-26(22,23)17-7-5-4-6-8-17/h4-12H,13-14H2,1-3H3,(H,20,21). The zero-order valence-electron chi connectivity index (χ0n) is 15.1. The number of carbonyl (C=O) groups excluding carboxylic acids is 1. The Morgan fingerprint density at radius 1 is 1.00 bits per heavy atom. The number of amides is 1. The van der Waals surface area contributed by atoms with Crippen LogP contribution in [-0.4, -0.2) is 26.7 Å². The summed E-state index contributed by atoms with van der Waals surface area (Å²) in [6.45, 7) is 5.41. The van der Waals surface area contributed by atoms with Crippen molar-refractivity contribution in [2.45, 2.75) is 37.7 Å². The molecule has 0 aromatic heterocycles. The van der Waals surface area contributed by atoms with Crippen LogP contribution in [0.3, 0.4) is 0 Å². The van der Waals surface area contributed by atoms with E-state index in [1.165, 1.54) is 12.1 Å². The Bertz CT molecular complexity index is 824. The summed E-state index contributed by atoms with van der Waals surface area (Å²) in [6, 6.07) is 15.1. The molecule has 0 unspecified atom stereocenters. The minimum atomic E-state index is -3.75. The van der Waals surface area contributed by atoms with Gasteiger partial charge in [-0.05, 0) is 57.0 Å². The minimum Gasteiger partial charge on any atom is -0.444 e. The molecule has 0 radical (unpaired) electrons. The zero-order valence-corrected chi connectivity index (χ0v) is 15.9. The van der Waals surface area contributed by atoms with Crippen LogP contribution in [0.4, 0.5) is 10.5 Å². The second-order valence-electron chi connectivity index (χ2n) is 6.66. The van der Waals surface area contributed by atoms with Gasteiger partial charge in [-0.1, -0.05) is 30.3 Å². The highest BCUT2D eigenvalue weighted by atomic mass is 32.2. The summed E-state index contributed by atoms with van der Waals surface area (Å²) in [7, 11) is -3.75. The molecule has 0 heterocycles. The first-order chi connectivity index (χ1) is 12.2. The first kappa shape index (κ1) is 19.9. The third-order valence-electron chi connectivity index (χ3n) is 3.26. The monoisotopic (exact) mass is 377 g/mol. The summed E-state index contributed by atoms with van der Waals surface area (Å²) in [5.41, 5.74) is 0.926. The Morgan fingerprint density at radius 3 is 2.19 bits per heavy atom. The molecule has 7 heteroatoms. The van der Waals surface area contributed by atoms with Crippen molar-refractivity contribution in [2.75, 3.05) is 11.9 Å². The van der Waals surface area contributed by atoms with Gasteiger partial charge in [-0.2, -0.15) is 8.42 Å². The summed E-state index contributed by atoms with van der Waals surface area (Å²) in [6.07, 6.45) is -0.0961. The highest BCUT2D eigenvalue weighted by Crippen LogP contribution is 2.15. The van der Waals surface area contributed by atoms with E-state index < -0.39 is 21.8 Å². The summed E-state index contributed by atoms with van der Waals surface area (Å²) in [4.78, 5) is 11.8. The summed E-state index contributed by atoms with van der Waals surface area (Å²) < 4.78 is 34.3. The van der Waals surface area contributed by atoms with E-state index in [-0.39, 0.29) is 11.5 Å². The van der Waals surface area contributed by atoms with Crippen LogP contribution in [0.1, 0.15) is 26.3 Å². The lowest BCUT2D eigenvalue weighted by molar-refractivity contribution is 0.0636. The highest BCUT2D eigenvalue weighted by molar-refractivity contribution is 7.86. The largest absolute Gasteiger partial charge is 0.444 e. The van der Waals surface area contributed by atoms with Gasteiger partial charge in [0, 0.05) is 5.69 Å². The number of nitrogens with one attached hydrogen (secondary N) is 1. The second-order valence-corrected chi connectivity index (χ2v) is 8.28. The molecule has 0 aliphatic carbocycles. The van der Waals surface area contributed by atoms with Crippen LogP contribution in [0.2, 0.25) is 0 Å². The average molecular weight is 377 g/mol. The Hall–Kier alpha value is -2.38. The third kappa shape index (κ3) is 6.50. The molecule has 2 rings (SSSR count). The molecule has 0 atom stereocenters. The van der Waals surface area contributed by atoms with Gasteiger partial charge in [0.15, 0.2) is 0 Å². The molecular formula is C19H23NO5S. The van der Waals surface area contributed by atoms with Gasteiger partial charge in [0.05, 0.1) is 11.5 Å². The normalized spacial score (nSPS) is 11.8. The lowest BCUT2D eigenvalue weighted by atomic mass is 10.1. The predicted molar refractivity (Wildman–Crippen MR) is 99.6 cm³/mol. The Balaban J connectivity index is 1.85. The maximum absolute atomic E-state index is 12.0. The molecule has 6 nitrogen and oxygen atoms in total. The number of ether oxygens (including phenoxy) is 1. The summed E-state index contributed by atoms with van der Waals surface area (Å²) in [5, 5.41) is 2.64. The van der Waals surface area contributed by atoms with Gasteiger partial charge in [-0.3, -0.25) is 9.50 Å². The molecule has 0 aliphatic heterocycles. The van der Waals surface area contributed by atoms with Crippen molar-refractivity contribution in [1.82, 2.24) is 0 Å². The molecule has 140 valence electrons. The molecule has 1 amide bonds. The Morgan fingerprint density at radius 2 is 1.62 bits per heavy atom. The van der Waals surface area contributed by atoms with E-state index in [4.69, 9.17) is 8.92 Å². The molecule has 2 aromatic carbocycles. The van der Waals surface area contributed by atoms with E-state index in [1.807, 2.05) is 0 Å². The molecule has 0 spiro atoms. The molecule has 0 saturated heterocycles. The number of rotatable bonds is 6. The number of hydrogen-bond acceptors (Lipinski definition) is 5. The van der Waals surface area contributed by atoms with E-state index in [2.05, 4.69) is 5.32 Å².